The van der Waals surface area contributed by atoms with Crippen LogP contribution in [-0.4, -0.2) is 13.4 Å². The zero-order chi connectivity index (χ0) is 15.7. The van der Waals surface area contributed by atoms with Crippen LogP contribution < -0.4 is 5.14 Å². The molecule has 0 unspecified atom stereocenters. The van der Waals surface area contributed by atoms with Crippen molar-refractivity contribution in [3.05, 3.63) is 66.6 Å². The quantitative estimate of drug-likeness (QED) is 0.779. The van der Waals surface area contributed by atoms with Crippen LogP contribution in [0.1, 0.15) is 0 Å². The predicted octanol–water partition coefficient (Wildman–Crippen LogP) is 3.14. The molecule has 0 saturated carbocycles. The molecule has 0 saturated heterocycles. The number of nitrogens with one attached hydrogen (secondary N) is 1. The van der Waals surface area contributed by atoms with E-state index in [0.29, 0.717) is 0 Å². The van der Waals surface area contributed by atoms with Gasteiger partial charge in [0.2, 0.25) is 10.0 Å². The van der Waals surface area contributed by atoms with E-state index in [9.17, 15) is 12.8 Å². The zero-order valence-electron chi connectivity index (χ0n) is 11.5. The van der Waals surface area contributed by atoms with Crippen LogP contribution in [-0.2, 0) is 10.0 Å². The third-order valence-corrected chi connectivity index (χ3v) is 4.30. The van der Waals surface area contributed by atoms with Gasteiger partial charge in [0.25, 0.3) is 0 Å². The molecule has 2 aromatic carbocycles. The third-order valence-electron chi connectivity index (χ3n) is 3.37. The number of sulfonamides is 1. The van der Waals surface area contributed by atoms with Gasteiger partial charge in [-0.15, -0.1) is 0 Å². The first-order valence-corrected chi connectivity index (χ1v) is 8.06. The Bertz CT molecular complexity index is 898. The lowest BCUT2D eigenvalue weighted by molar-refractivity contribution is 0.598. The molecule has 0 aliphatic rings. The Morgan fingerprint density at radius 2 is 1.45 bits per heavy atom. The van der Waals surface area contributed by atoms with Crippen LogP contribution in [0, 0.1) is 5.82 Å². The van der Waals surface area contributed by atoms with Crippen molar-refractivity contribution in [3.63, 3.8) is 0 Å². The summed E-state index contributed by atoms with van der Waals surface area (Å²) in [6.07, 6.45) is 1.78. The third kappa shape index (κ3) is 2.79. The number of benzene rings is 2. The average Bonchev–Trinajstić information content (AvgIpc) is 2.97. The normalized spacial score (nSPS) is 11.5. The molecule has 4 nitrogen and oxygen atoms in total. The Balaban J connectivity index is 2.03. The second kappa shape index (κ2) is 5.40. The standard InChI is InChI=1S/C16H13FN2O2S/c17-13-5-1-11(2-6-13)15-9-10-19-16(15)12-3-7-14(8-4-12)22(18,20)21/h1-10,19H,(H2,18,20,21). The molecule has 0 aliphatic heterocycles. The zero-order valence-corrected chi connectivity index (χ0v) is 12.3. The summed E-state index contributed by atoms with van der Waals surface area (Å²) in [6, 6.07) is 14.3. The first-order chi connectivity index (χ1) is 10.4. The molecule has 6 heteroatoms. The van der Waals surface area contributed by atoms with Gasteiger partial charge < -0.3 is 4.98 Å². The van der Waals surface area contributed by atoms with Crippen LogP contribution in [0.15, 0.2) is 65.7 Å². The topological polar surface area (TPSA) is 76.0 Å². The highest BCUT2D eigenvalue weighted by atomic mass is 32.2. The number of aromatic amines is 1. The van der Waals surface area contributed by atoms with E-state index in [1.165, 1.54) is 24.3 Å². The largest absolute Gasteiger partial charge is 0.361 e. The van der Waals surface area contributed by atoms with Gasteiger partial charge in [-0.1, -0.05) is 24.3 Å². The van der Waals surface area contributed by atoms with Gasteiger partial charge in [-0.25, -0.2) is 17.9 Å². The van der Waals surface area contributed by atoms with E-state index in [0.717, 1.165) is 22.4 Å². The van der Waals surface area contributed by atoms with Gasteiger partial charge in [0, 0.05) is 11.8 Å². The Morgan fingerprint density at radius 3 is 2.05 bits per heavy atom. The number of nitrogens with two attached hydrogens (primary N) is 1. The van der Waals surface area contributed by atoms with Crippen molar-refractivity contribution in [1.82, 2.24) is 4.98 Å². The van der Waals surface area contributed by atoms with Crippen LogP contribution >= 0.6 is 0 Å². The van der Waals surface area contributed by atoms with Gasteiger partial charge in [0.15, 0.2) is 0 Å². The van der Waals surface area contributed by atoms with Crippen molar-refractivity contribution in [2.75, 3.05) is 0 Å². The molecular formula is C16H13FN2O2S. The van der Waals surface area contributed by atoms with E-state index in [1.807, 2.05) is 6.07 Å². The Labute approximate surface area is 127 Å². The van der Waals surface area contributed by atoms with E-state index in [-0.39, 0.29) is 10.7 Å². The fraction of sp³-hybridized carbons (Fsp3) is 0. The molecule has 3 aromatic rings. The van der Waals surface area contributed by atoms with Crippen LogP contribution in [0.4, 0.5) is 4.39 Å². The number of primary sulfonamides is 1. The Hall–Kier alpha value is -2.44. The minimum absolute atomic E-state index is 0.0612. The fourth-order valence-corrected chi connectivity index (χ4v) is 2.80. The smallest absolute Gasteiger partial charge is 0.238 e. The lowest BCUT2D eigenvalue weighted by Gasteiger charge is -2.06. The molecule has 3 rings (SSSR count). The van der Waals surface area contributed by atoms with Gasteiger partial charge in [0.05, 0.1) is 10.6 Å². The maximum atomic E-state index is 13.0. The van der Waals surface area contributed by atoms with Crippen LogP contribution in [0.2, 0.25) is 0 Å². The maximum absolute atomic E-state index is 13.0. The summed E-state index contributed by atoms with van der Waals surface area (Å²) in [6.45, 7) is 0. The highest BCUT2D eigenvalue weighted by Gasteiger charge is 2.11. The molecule has 0 spiro atoms. The van der Waals surface area contributed by atoms with Crippen LogP contribution in [0.3, 0.4) is 0 Å². The second-order valence-electron chi connectivity index (χ2n) is 4.84. The number of rotatable bonds is 3. The van der Waals surface area contributed by atoms with E-state index >= 15 is 0 Å². The molecule has 22 heavy (non-hydrogen) atoms. The molecule has 0 bridgehead atoms. The number of H-pyrrole nitrogens is 1. The van der Waals surface area contributed by atoms with Crippen LogP contribution in [0.5, 0.6) is 0 Å². The first kappa shape index (κ1) is 14.5. The van der Waals surface area contributed by atoms with E-state index in [4.69, 9.17) is 5.14 Å². The molecule has 0 amide bonds. The molecule has 112 valence electrons. The summed E-state index contributed by atoms with van der Waals surface area (Å²) in [5.74, 6) is -0.293. The molecule has 0 radical (unpaired) electrons. The van der Waals surface area contributed by atoms with Gasteiger partial charge in [0.1, 0.15) is 5.82 Å². The Kier molecular flexibility index (Phi) is 3.56. The summed E-state index contributed by atoms with van der Waals surface area (Å²) >= 11 is 0. The molecule has 0 atom stereocenters. The van der Waals surface area contributed by atoms with Crippen molar-refractivity contribution in [2.24, 2.45) is 5.14 Å². The van der Waals surface area contributed by atoms with Crippen molar-refractivity contribution in [3.8, 4) is 22.4 Å². The van der Waals surface area contributed by atoms with Crippen molar-refractivity contribution in [1.29, 1.82) is 0 Å². The van der Waals surface area contributed by atoms with Gasteiger partial charge in [-0.2, -0.15) is 0 Å². The Morgan fingerprint density at radius 1 is 0.864 bits per heavy atom. The lowest BCUT2D eigenvalue weighted by Crippen LogP contribution is -2.11. The predicted molar refractivity (Wildman–Crippen MR) is 83.0 cm³/mol. The number of aromatic nitrogens is 1. The monoisotopic (exact) mass is 316 g/mol. The molecule has 0 aliphatic carbocycles. The van der Waals surface area contributed by atoms with E-state index in [1.54, 1.807) is 30.5 Å². The molecule has 3 N–H and O–H groups in total. The average molecular weight is 316 g/mol. The van der Waals surface area contributed by atoms with Crippen LogP contribution in [0.25, 0.3) is 22.4 Å². The fourth-order valence-electron chi connectivity index (χ4n) is 2.29. The van der Waals surface area contributed by atoms with E-state index < -0.39 is 10.0 Å². The summed E-state index contributed by atoms with van der Waals surface area (Å²) in [4.78, 5) is 3.18. The molecule has 0 fully saturated rings. The molecular weight excluding hydrogens is 303 g/mol. The number of hydrogen-bond acceptors (Lipinski definition) is 2. The minimum atomic E-state index is -3.71. The molecule has 1 aromatic heterocycles. The SMILES string of the molecule is NS(=O)(=O)c1ccc(-c2[nH]ccc2-c2ccc(F)cc2)cc1. The summed E-state index contributed by atoms with van der Waals surface area (Å²) in [7, 11) is -3.71. The van der Waals surface area contributed by atoms with E-state index in [2.05, 4.69) is 4.98 Å². The molecule has 1 heterocycles. The second-order valence-corrected chi connectivity index (χ2v) is 6.40. The number of halogens is 1. The van der Waals surface area contributed by atoms with Crippen molar-refractivity contribution in [2.45, 2.75) is 4.90 Å². The van der Waals surface area contributed by atoms with Gasteiger partial charge in [-0.05, 0) is 41.5 Å². The maximum Gasteiger partial charge on any atom is 0.238 e. The summed E-state index contributed by atoms with van der Waals surface area (Å²) < 4.78 is 35.6. The van der Waals surface area contributed by atoms with Crippen molar-refractivity contribution < 1.29 is 12.8 Å². The van der Waals surface area contributed by atoms with Gasteiger partial charge >= 0.3 is 0 Å². The lowest BCUT2D eigenvalue weighted by atomic mass is 10.0. The summed E-state index contributed by atoms with van der Waals surface area (Å²) in [5.41, 5.74) is 3.42. The highest BCUT2D eigenvalue weighted by Crippen LogP contribution is 2.31. The number of hydrogen-bond donors (Lipinski definition) is 2. The van der Waals surface area contributed by atoms with Crippen molar-refractivity contribution >= 4 is 10.0 Å². The summed E-state index contributed by atoms with van der Waals surface area (Å²) in [5, 5.41) is 5.09. The highest BCUT2D eigenvalue weighted by molar-refractivity contribution is 7.89. The van der Waals surface area contributed by atoms with Gasteiger partial charge in [-0.3, -0.25) is 0 Å². The minimum Gasteiger partial charge on any atom is -0.361 e. The first-order valence-electron chi connectivity index (χ1n) is 6.52.